The number of carbonyl (C=O) groups is 2. The predicted molar refractivity (Wildman–Crippen MR) is 299 cm³/mol. The van der Waals surface area contributed by atoms with E-state index in [9.17, 15) is 15.0 Å². The molecular formula is C62H95N3O11. The second kappa shape index (κ2) is 33.5. The van der Waals surface area contributed by atoms with Crippen molar-refractivity contribution >= 4 is 17.9 Å². The summed E-state index contributed by atoms with van der Waals surface area (Å²) in [6.45, 7) is 9.88. The number of aliphatic hydroxyl groups excluding tert-OH is 2. The molecule has 2 amide bonds. The number of ether oxygens (including phenoxy) is 6. The molecule has 1 fully saturated rings. The summed E-state index contributed by atoms with van der Waals surface area (Å²) in [5, 5.41) is 27.8. The molecule has 3 N–H and O–H groups in total. The van der Waals surface area contributed by atoms with E-state index in [1.807, 2.05) is 30.3 Å². The molecule has 1 saturated carbocycles. The topological polar surface area (TPSA) is 167 Å². The molecule has 14 heteroatoms. The van der Waals surface area contributed by atoms with Crippen LogP contribution in [0.2, 0.25) is 0 Å². The van der Waals surface area contributed by atoms with Crippen LogP contribution in [0, 0.1) is 17.8 Å². The van der Waals surface area contributed by atoms with E-state index >= 15 is 4.79 Å². The van der Waals surface area contributed by atoms with Crippen LogP contribution >= 0.6 is 0 Å². The maximum absolute atomic E-state index is 15.1. The van der Waals surface area contributed by atoms with Gasteiger partial charge in [0.15, 0.2) is 11.5 Å². The number of rotatable bonds is 38. The van der Waals surface area contributed by atoms with Crippen LogP contribution in [-0.4, -0.2) is 91.7 Å². The molecule has 2 aromatic rings. The van der Waals surface area contributed by atoms with Crippen LogP contribution in [-0.2, 0) is 20.9 Å². The molecule has 2 aromatic carbocycles. The lowest BCUT2D eigenvalue weighted by atomic mass is 9.55. The Labute approximate surface area is 455 Å². The normalized spacial score (nSPS) is 21.5. The number of aliphatic hydroxyl groups is 2. The molecule has 2 heterocycles. The fraction of sp³-hybridized carbons (Fsp3) is 0.694. The molecule has 0 saturated heterocycles. The van der Waals surface area contributed by atoms with Gasteiger partial charge >= 0.3 is 12.2 Å². The van der Waals surface area contributed by atoms with Crippen LogP contribution in [0.4, 0.5) is 9.59 Å². The second-order valence-corrected chi connectivity index (χ2v) is 21.6. The van der Waals surface area contributed by atoms with Gasteiger partial charge in [0.25, 0.3) is 0 Å². The first-order valence-electron chi connectivity index (χ1n) is 29.7. The molecule has 424 valence electrons. The molecule has 6 rings (SSSR count). The molecule has 0 spiro atoms. The number of carbonyl (C=O) groups excluding carboxylic acids is 2. The van der Waals surface area contributed by atoms with Crippen molar-refractivity contribution in [3.63, 3.8) is 0 Å². The molecule has 2 aliphatic carbocycles. The smallest absolute Gasteiger partial charge is 0.412 e. The van der Waals surface area contributed by atoms with Gasteiger partial charge in [-0.2, -0.15) is 0 Å². The second-order valence-electron chi connectivity index (χ2n) is 21.6. The van der Waals surface area contributed by atoms with Crippen molar-refractivity contribution in [1.82, 2.24) is 10.2 Å². The highest BCUT2D eigenvalue weighted by atomic mass is 16.7. The predicted octanol–water partition coefficient (Wildman–Crippen LogP) is 14.2. The molecule has 0 aromatic heterocycles. The van der Waals surface area contributed by atoms with E-state index in [-0.39, 0.29) is 63.9 Å². The largest absolute Gasteiger partial charge is 0.459 e. The standard InChI is InChI=1S/C62H95N3O11/c1-5-8-10-12-14-16-18-20-22-26-36-63-60(68)75-49-33-35-54-52(43-49)58-50(31-25-28-38-67)48(30-24-27-37-66)42-51-53(64-70-4)44-57(62(76-54,59(51)58)74-39-7-3)65(45-47-32-34-55-56(41-47)73-46-72-55)61(69)71-40-29-23-21-19-17-15-13-11-9-6-2/h7,32-35,41-43,48,50,57-59,66-67H,3,5-6,8-31,36-40,44-46H2,1-2,4H3,(H,63,68). The average Bonchev–Trinajstić information content (AvgIpc) is 4.01. The minimum absolute atomic E-state index is 0.0121. The van der Waals surface area contributed by atoms with E-state index in [2.05, 4.69) is 31.8 Å². The summed E-state index contributed by atoms with van der Waals surface area (Å²) < 4.78 is 38.5. The Morgan fingerprint density at radius 3 is 2.07 bits per heavy atom. The number of amides is 2. The summed E-state index contributed by atoms with van der Waals surface area (Å²) >= 11 is 0. The zero-order valence-corrected chi connectivity index (χ0v) is 46.7. The van der Waals surface area contributed by atoms with Gasteiger partial charge in [0, 0.05) is 44.2 Å². The van der Waals surface area contributed by atoms with Gasteiger partial charge in [-0.1, -0.05) is 166 Å². The summed E-state index contributed by atoms with van der Waals surface area (Å²) in [6.07, 6.45) is 31.3. The number of fused-ring (bicyclic) bond motifs is 3. The lowest BCUT2D eigenvalue weighted by Crippen LogP contribution is -2.70. The van der Waals surface area contributed by atoms with Crippen LogP contribution in [0.25, 0.3) is 0 Å². The summed E-state index contributed by atoms with van der Waals surface area (Å²) in [5.41, 5.74) is 3.25. The number of nitrogens with one attached hydrogen (secondary N) is 1. The van der Waals surface area contributed by atoms with Crippen LogP contribution in [0.3, 0.4) is 0 Å². The third-order valence-electron chi connectivity index (χ3n) is 16.0. The quantitative estimate of drug-likeness (QED) is 0.0333. The molecular weight excluding hydrogens is 963 g/mol. The third kappa shape index (κ3) is 17.4. The van der Waals surface area contributed by atoms with Gasteiger partial charge in [0.2, 0.25) is 12.6 Å². The first-order chi connectivity index (χ1) is 37.3. The Kier molecular flexibility index (Phi) is 26.6. The number of benzene rings is 2. The number of hydrogen-bond acceptors (Lipinski definition) is 12. The van der Waals surface area contributed by atoms with Crippen LogP contribution < -0.4 is 24.3 Å². The summed E-state index contributed by atoms with van der Waals surface area (Å²) in [7, 11) is 1.54. The average molecular weight is 1060 g/mol. The molecule has 4 aliphatic rings. The van der Waals surface area contributed by atoms with Crippen molar-refractivity contribution in [1.29, 1.82) is 0 Å². The Balaban J connectivity index is 1.33. The zero-order valence-electron chi connectivity index (χ0n) is 46.7. The zero-order chi connectivity index (χ0) is 53.8. The Bertz CT molecular complexity index is 2110. The van der Waals surface area contributed by atoms with Crippen molar-refractivity contribution < 1.29 is 53.1 Å². The Morgan fingerprint density at radius 1 is 0.776 bits per heavy atom. The third-order valence-corrected chi connectivity index (χ3v) is 16.0. The maximum Gasteiger partial charge on any atom is 0.412 e. The molecule has 76 heavy (non-hydrogen) atoms. The minimum atomic E-state index is -1.50. The first-order valence-corrected chi connectivity index (χ1v) is 29.7. The summed E-state index contributed by atoms with van der Waals surface area (Å²) in [5.74, 6) is -0.138. The highest BCUT2D eigenvalue weighted by Crippen LogP contribution is 2.62. The fourth-order valence-corrected chi connectivity index (χ4v) is 12.1. The molecule has 14 nitrogen and oxygen atoms in total. The van der Waals surface area contributed by atoms with E-state index in [4.69, 9.17) is 38.4 Å². The van der Waals surface area contributed by atoms with Crippen molar-refractivity contribution in [2.45, 2.75) is 212 Å². The van der Waals surface area contributed by atoms with Crippen LogP contribution in [0.15, 0.2) is 65.9 Å². The number of oxime groups is 1. The number of unbranched alkanes of at least 4 members (excludes halogenated alkanes) is 20. The van der Waals surface area contributed by atoms with Gasteiger partial charge in [-0.25, -0.2) is 9.59 Å². The number of hydrogen-bond donors (Lipinski definition) is 3. The van der Waals surface area contributed by atoms with Gasteiger partial charge < -0.3 is 48.8 Å². The number of nitrogens with zero attached hydrogens (tertiary/aromatic N) is 2. The Hall–Kier alpha value is -4.79. The van der Waals surface area contributed by atoms with E-state index < -0.39 is 29.9 Å². The van der Waals surface area contributed by atoms with Gasteiger partial charge in [0.1, 0.15) is 24.7 Å². The van der Waals surface area contributed by atoms with Gasteiger partial charge in [-0.05, 0) is 91.8 Å². The molecule has 2 aliphatic heterocycles. The lowest BCUT2D eigenvalue weighted by Gasteiger charge is -2.59. The van der Waals surface area contributed by atoms with Crippen molar-refractivity contribution in [2.75, 3.05) is 46.9 Å². The molecule has 0 radical (unpaired) electrons. The van der Waals surface area contributed by atoms with Gasteiger partial charge in [-0.3, -0.25) is 4.90 Å². The highest BCUT2D eigenvalue weighted by molar-refractivity contribution is 6.03. The summed E-state index contributed by atoms with van der Waals surface area (Å²) in [4.78, 5) is 36.0. The molecule has 6 atom stereocenters. The van der Waals surface area contributed by atoms with E-state index in [0.717, 1.165) is 80.9 Å². The van der Waals surface area contributed by atoms with Crippen LogP contribution in [0.1, 0.15) is 204 Å². The first kappa shape index (κ1) is 60.4. The highest BCUT2D eigenvalue weighted by Gasteiger charge is 2.66. The van der Waals surface area contributed by atoms with Gasteiger partial charge in [-0.15, -0.1) is 6.58 Å². The van der Waals surface area contributed by atoms with E-state index in [1.165, 1.54) is 97.0 Å². The summed E-state index contributed by atoms with van der Waals surface area (Å²) in [6, 6.07) is 10.5. The maximum atomic E-state index is 15.1. The van der Waals surface area contributed by atoms with E-state index in [0.29, 0.717) is 48.1 Å². The van der Waals surface area contributed by atoms with Crippen molar-refractivity contribution in [2.24, 2.45) is 22.9 Å². The Morgan fingerprint density at radius 2 is 1.41 bits per heavy atom. The van der Waals surface area contributed by atoms with Gasteiger partial charge in [0.05, 0.1) is 24.8 Å². The molecule has 0 bridgehead atoms. The van der Waals surface area contributed by atoms with Crippen molar-refractivity contribution in [3.05, 3.63) is 71.8 Å². The lowest BCUT2D eigenvalue weighted by molar-refractivity contribution is -0.256. The molecule has 6 unspecified atom stereocenters. The monoisotopic (exact) mass is 1060 g/mol. The number of allylic oxidation sites excluding steroid dienone is 1. The van der Waals surface area contributed by atoms with Crippen molar-refractivity contribution in [3.8, 4) is 23.0 Å². The SMILES string of the molecule is C=CCOC12Oc3ccc(OC(=O)NCCCCCCCCCCCC)cc3C3C(CCCCO)C(CCCCO)C=C(C(=NOC)CC1N(Cc1ccc4c(c1)OCO4)C(=O)OCCCCCCCCCCCC)C32. The fourth-order valence-electron chi connectivity index (χ4n) is 12.1. The van der Waals surface area contributed by atoms with Crippen LogP contribution in [0.5, 0.6) is 23.0 Å². The van der Waals surface area contributed by atoms with E-state index in [1.54, 1.807) is 17.0 Å². The minimum Gasteiger partial charge on any atom is -0.459 e.